The predicted octanol–water partition coefficient (Wildman–Crippen LogP) is 1.42. The van der Waals surface area contributed by atoms with E-state index in [1.54, 1.807) is 0 Å². The van der Waals surface area contributed by atoms with Gasteiger partial charge in [0, 0.05) is 30.4 Å². The van der Waals surface area contributed by atoms with Crippen LogP contribution < -0.4 is 10.6 Å². The van der Waals surface area contributed by atoms with E-state index >= 15 is 0 Å². The van der Waals surface area contributed by atoms with Gasteiger partial charge >= 0.3 is 0 Å². The molecule has 2 atom stereocenters. The molecule has 0 amide bonds. The number of piperidine rings is 1. The maximum absolute atomic E-state index is 3.94. The Hall–Kier alpha value is -0.870. The number of hydrogen-bond donors (Lipinski definition) is 3. The van der Waals surface area contributed by atoms with E-state index in [-0.39, 0.29) is 0 Å². The summed E-state index contributed by atoms with van der Waals surface area (Å²) in [6.07, 6.45) is 9.09. The van der Waals surface area contributed by atoms with Gasteiger partial charge in [-0.25, -0.2) is 0 Å². The average molecular weight is 222 g/mol. The fourth-order valence-corrected chi connectivity index (χ4v) is 2.30. The van der Waals surface area contributed by atoms with Crippen LogP contribution in [0.25, 0.3) is 0 Å². The molecule has 0 radical (unpaired) electrons. The van der Waals surface area contributed by atoms with Gasteiger partial charge in [-0.05, 0) is 32.7 Å². The van der Waals surface area contributed by atoms with Crippen molar-refractivity contribution in [3.63, 3.8) is 0 Å². The molecule has 2 rings (SSSR count). The molecular weight excluding hydrogens is 200 g/mol. The first kappa shape index (κ1) is 11.6. The van der Waals surface area contributed by atoms with E-state index in [2.05, 4.69) is 27.8 Å². The zero-order chi connectivity index (χ0) is 11.2. The molecule has 16 heavy (non-hydrogen) atoms. The van der Waals surface area contributed by atoms with Gasteiger partial charge in [0.2, 0.25) is 0 Å². The summed E-state index contributed by atoms with van der Waals surface area (Å²) in [5, 5.41) is 13.9. The van der Waals surface area contributed by atoms with Crippen LogP contribution in [0.4, 0.5) is 0 Å². The molecule has 2 unspecified atom stereocenters. The molecule has 1 saturated heterocycles. The van der Waals surface area contributed by atoms with E-state index in [1.807, 2.05) is 12.4 Å². The van der Waals surface area contributed by atoms with Crippen molar-refractivity contribution in [2.75, 3.05) is 6.54 Å². The van der Waals surface area contributed by atoms with Crippen LogP contribution in [0.1, 0.15) is 38.2 Å². The number of H-pyrrole nitrogens is 1. The summed E-state index contributed by atoms with van der Waals surface area (Å²) < 4.78 is 0. The summed E-state index contributed by atoms with van der Waals surface area (Å²) in [5.74, 6) is 0. The first-order chi connectivity index (χ1) is 7.84. The lowest BCUT2D eigenvalue weighted by molar-refractivity contribution is 0.344. The fourth-order valence-electron chi connectivity index (χ4n) is 2.30. The minimum absolute atomic E-state index is 0.561. The van der Waals surface area contributed by atoms with Crippen molar-refractivity contribution in [1.82, 2.24) is 20.8 Å². The molecule has 90 valence electrons. The number of nitrogens with one attached hydrogen (secondary N) is 3. The highest BCUT2D eigenvalue weighted by atomic mass is 15.1. The molecule has 0 saturated carbocycles. The molecule has 2 heterocycles. The smallest absolute Gasteiger partial charge is 0.0532 e. The first-order valence-corrected chi connectivity index (χ1v) is 6.29. The van der Waals surface area contributed by atoms with Crippen LogP contribution in [0.5, 0.6) is 0 Å². The summed E-state index contributed by atoms with van der Waals surface area (Å²) >= 11 is 0. The Balaban J connectivity index is 1.65. The number of aromatic amines is 1. The van der Waals surface area contributed by atoms with E-state index in [4.69, 9.17) is 0 Å². The number of aromatic nitrogens is 2. The number of nitrogens with zero attached hydrogens (tertiary/aromatic N) is 1. The SMILES string of the molecule is CC(CC1CCCCN1)NCc1cn[nH]c1. The first-order valence-electron chi connectivity index (χ1n) is 6.29. The predicted molar refractivity (Wildman–Crippen MR) is 65.1 cm³/mol. The zero-order valence-electron chi connectivity index (χ0n) is 10.00. The van der Waals surface area contributed by atoms with Crippen LogP contribution >= 0.6 is 0 Å². The third kappa shape index (κ3) is 3.61. The Morgan fingerprint density at radius 3 is 3.19 bits per heavy atom. The van der Waals surface area contributed by atoms with Gasteiger partial charge in [0.15, 0.2) is 0 Å². The van der Waals surface area contributed by atoms with Crippen molar-refractivity contribution in [1.29, 1.82) is 0 Å². The maximum Gasteiger partial charge on any atom is 0.0532 e. The van der Waals surface area contributed by atoms with Crippen molar-refractivity contribution in [2.45, 2.75) is 51.2 Å². The van der Waals surface area contributed by atoms with E-state index in [0.717, 1.165) is 6.54 Å². The van der Waals surface area contributed by atoms with E-state index in [1.165, 1.54) is 37.8 Å². The Bertz CT molecular complexity index is 277. The second-order valence-electron chi connectivity index (χ2n) is 4.77. The lowest BCUT2D eigenvalue weighted by Gasteiger charge is -2.26. The van der Waals surface area contributed by atoms with Gasteiger partial charge in [-0.3, -0.25) is 5.10 Å². The molecule has 1 fully saturated rings. The largest absolute Gasteiger partial charge is 0.314 e. The molecule has 0 bridgehead atoms. The standard InChI is InChI=1S/C12H22N4/c1-10(6-12-4-2-3-5-13-12)14-7-11-8-15-16-9-11/h8-10,12-14H,2-7H2,1H3,(H,15,16). The number of hydrogen-bond acceptors (Lipinski definition) is 3. The molecule has 1 aromatic heterocycles. The van der Waals surface area contributed by atoms with Crippen molar-refractivity contribution in [3.05, 3.63) is 18.0 Å². The Morgan fingerprint density at radius 2 is 2.50 bits per heavy atom. The van der Waals surface area contributed by atoms with Gasteiger partial charge in [0.25, 0.3) is 0 Å². The van der Waals surface area contributed by atoms with Gasteiger partial charge in [0.1, 0.15) is 0 Å². The third-order valence-electron chi connectivity index (χ3n) is 3.26. The summed E-state index contributed by atoms with van der Waals surface area (Å²) in [6, 6.07) is 1.27. The van der Waals surface area contributed by atoms with Crippen molar-refractivity contribution in [2.24, 2.45) is 0 Å². The minimum Gasteiger partial charge on any atom is -0.314 e. The zero-order valence-corrected chi connectivity index (χ0v) is 10.00. The van der Waals surface area contributed by atoms with Crippen LogP contribution in [0.3, 0.4) is 0 Å². The quantitative estimate of drug-likeness (QED) is 0.706. The molecular formula is C12H22N4. The summed E-state index contributed by atoms with van der Waals surface area (Å²) in [4.78, 5) is 0. The lowest BCUT2D eigenvalue weighted by Crippen LogP contribution is -2.39. The van der Waals surface area contributed by atoms with Crippen molar-refractivity contribution < 1.29 is 0 Å². The van der Waals surface area contributed by atoms with E-state index < -0.39 is 0 Å². The topological polar surface area (TPSA) is 52.7 Å². The summed E-state index contributed by atoms with van der Waals surface area (Å²) in [6.45, 7) is 4.36. The minimum atomic E-state index is 0.561. The van der Waals surface area contributed by atoms with Crippen LogP contribution in [-0.2, 0) is 6.54 Å². The second kappa shape index (κ2) is 6.01. The van der Waals surface area contributed by atoms with Crippen LogP contribution in [0.2, 0.25) is 0 Å². The molecule has 0 spiro atoms. The molecule has 4 nitrogen and oxygen atoms in total. The molecule has 0 aromatic carbocycles. The molecule has 1 aliphatic heterocycles. The van der Waals surface area contributed by atoms with Gasteiger partial charge in [0.05, 0.1) is 6.20 Å². The van der Waals surface area contributed by atoms with E-state index in [9.17, 15) is 0 Å². The molecule has 0 aliphatic carbocycles. The number of rotatable bonds is 5. The maximum atomic E-state index is 3.94. The molecule has 3 N–H and O–H groups in total. The van der Waals surface area contributed by atoms with Crippen LogP contribution in [-0.4, -0.2) is 28.8 Å². The molecule has 1 aliphatic rings. The monoisotopic (exact) mass is 222 g/mol. The summed E-state index contributed by atoms with van der Waals surface area (Å²) in [7, 11) is 0. The van der Waals surface area contributed by atoms with E-state index in [0.29, 0.717) is 12.1 Å². The summed E-state index contributed by atoms with van der Waals surface area (Å²) in [5.41, 5.74) is 1.23. The van der Waals surface area contributed by atoms with Crippen LogP contribution in [0.15, 0.2) is 12.4 Å². The highest BCUT2D eigenvalue weighted by Gasteiger charge is 2.15. The van der Waals surface area contributed by atoms with Crippen molar-refractivity contribution >= 4 is 0 Å². The third-order valence-corrected chi connectivity index (χ3v) is 3.26. The van der Waals surface area contributed by atoms with Gasteiger partial charge in [-0.1, -0.05) is 6.42 Å². The van der Waals surface area contributed by atoms with Gasteiger partial charge < -0.3 is 10.6 Å². The lowest BCUT2D eigenvalue weighted by atomic mass is 9.99. The molecule has 1 aromatic rings. The molecule has 4 heteroatoms. The fraction of sp³-hybridized carbons (Fsp3) is 0.750. The van der Waals surface area contributed by atoms with Crippen LogP contribution in [0, 0.1) is 0 Å². The Labute approximate surface area is 97.2 Å². The highest BCUT2D eigenvalue weighted by Crippen LogP contribution is 2.12. The Kier molecular flexibility index (Phi) is 4.36. The Morgan fingerprint density at radius 1 is 1.56 bits per heavy atom. The second-order valence-corrected chi connectivity index (χ2v) is 4.77. The average Bonchev–Trinajstić information content (AvgIpc) is 2.81. The normalized spacial score (nSPS) is 23.2. The van der Waals surface area contributed by atoms with Gasteiger partial charge in [-0.2, -0.15) is 5.10 Å². The van der Waals surface area contributed by atoms with Crippen molar-refractivity contribution in [3.8, 4) is 0 Å². The van der Waals surface area contributed by atoms with Gasteiger partial charge in [-0.15, -0.1) is 0 Å². The highest BCUT2D eigenvalue weighted by molar-refractivity contribution is 5.01.